The highest BCUT2D eigenvalue weighted by Gasteiger charge is 2.57. The van der Waals surface area contributed by atoms with E-state index in [1.165, 1.54) is 26.0 Å². The number of halogens is 7. The second-order valence-electron chi connectivity index (χ2n) is 8.95. The van der Waals surface area contributed by atoms with Crippen LogP contribution in [0.3, 0.4) is 0 Å². The summed E-state index contributed by atoms with van der Waals surface area (Å²) in [7, 11) is 0. The van der Waals surface area contributed by atoms with E-state index in [9.17, 15) is 40.7 Å². The van der Waals surface area contributed by atoms with Crippen molar-refractivity contribution in [3.63, 3.8) is 0 Å². The van der Waals surface area contributed by atoms with Gasteiger partial charge in [0.25, 0.3) is 11.8 Å². The van der Waals surface area contributed by atoms with Gasteiger partial charge in [-0.1, -0.05) is 18.2 Å². The number of hydrogen-bond acceptors (Lipinski definition) is 3. The van der Waals surface area contributed by atoms with Crippen molar-refractivity contribution in [1.82, 2.24) is 10.6 Å². The second kappa shape index (κ2) is 11.3. The highest BCUT2D eigenvalue weighted by atomic mass is 127. The van der Waals surface area contributed by atoms with Crippen molar-refractivity contribution >= 4 is 46.0 Å². The van der Waals surface area contributed by atoms with Crippen LogP contribution in [0.15, 0.2) is 36.4 Å². The van der Waals surface area contributed by atoms with E-state index in [0.717, 1.165) is 6.07 Å². The van der Waals surface area contributed by atoms with Crippen LogP contribution in [0.4, 0.5) is 32.0 Å². The zero-order chi connectivity index (χ0) is 28.3. The minimum Gasteiger partial charge on any atom is -0.354 e. The highest BCUT2D eigenvalue weighted by Crippen LogP contribution is 2.46. The van der Waals surface area contributed by atoms with Gasteiger partial charge in [-0.25, -0.2) is 0 Å². The van der Waals surface area contributed by atoms with Gasteiger partial charge in [0, 0.05) is 22.7 Å². The van der Waals surface area contributed by atoms with Crippen LogP contribution in [-0.4, -0.2) is 42.2 Å². The highest BCUT2D eigenvalue weighted by molar-refractivity contribution is 14.1. The molecule has 0 aliphatic rings. The van der Waals surface area contributed by atoms with E-state index in [0.29, 0.717) is 15.7 Å². The zero-order valence-electron chi connectivity index (χ0n) is 20.1. The molecule has 0 unspecified atom stereocenters. The summed E-state index contributed by atoms with van der Waals surface area (Å²) in [5.74, 6) is -5.37. The fraction of sp³-hybridized carbons (Fsp3) is 0.375. The van der Waals surface area contributed by atoms with Gasteiger partial charge in [0.15, 0.2) is 5.92 Å². The smallest absolute Gasteiger partial charge is 0.354 e. The Morgan fingerprint density at radius 1 is 0.946 bits per heavy atom. The van der Waals surface area contributed by atoms with Crippen molar-refractivity contribution in [2.24, 2.45) is 0 Å². The first-order valence-corrected chi connectivity index (χ1v) is 11.8. The molecule has 0 aliphatic carbocycles. The maximum absolute atomic E-state index is 13.1. The Hall–Kier alpha value is -2.84. The molecule has 0 aliphatic heterocycles. The fourth-order valence-electron chi connectivity index (χ4n) is 3.46. The predicted molar refractivity (Wildman–Crippen MR) is 133 cm³/mol. The number of anilines is 1. The number of amides is 3. The Labute approximate surface area is 222 Å². The van der Waals surface area contributed by atoms with Crippen LogP contribution in [-0.2, 0) is 4.79 Å². The first kappa shape index (κ1) is 30.4. The van der Waals surface area contributed by atoms with Crippen LogP contribution in [0, 0.1) is 10.5 Å². The minimum atomic E-state index is -5.55. The summed E-state index contributed by atoms with van der Waals surface area (Å²) in [4.78, 5) is 37.3. The Kier molecular flexibility index (Phi) is 9.26. The predicted octanol–water partition coefficient (Wildman–Crippen LogP) is 5.70. The van der Waals surface area contributed by atoms with E-state index in [2.05, 4.69) is 16.0 Å². The summed E-state index contributed by atoms with van der Waals surface area (Å²) in [5, 5.41) is 7.78. The summed E-state index contributed by atoms with van der Waals surface area (Å²) < 4.78 is 78.9. The molecule has 0 fully saturated rings. The summed E-state index contributed by atoms with van der Waals surface area (Å²) >= 11 is 1.86. The quantitative estimate of drug-likeness (QED) is 0.267. The number of benzene rings is 2. The molecule has 0 aromatic heterocycles. The molecule has 2 aromatic rings. The van der Waals surface area contributed by atoms with Crippen LogP contribution >= 0.6 is 22.6 Å². The van der Waals surface area contributed by atoms with E-state index in [4.69, 9.17) is 0 Å². The molecule has 202 valence electrons. The molecule has 0 bridgehead atoms. The molecule has 2 aromatic carbocycles. The molecule has 0 saturated heterocycles. The van der Waals surface area contributed by atoms with Gasteiger partial charge < -0.3 is 16.0 Å². The second-order valence-corrected chi connectivity index (χ2v) is 10.1. The maximum atomic E-state index is 13.1. The summed E-state index contributed by atoms with van der Waals surface area (Å²) in [6.45, 7) is 6.02. The SMILES string of the molecule is CC(=O)NCC(C)(C)NC(=O)c1c(I)cccc1C(=O)Nc1ccc(C(C(F)(F)F)C(F)(F)F)cc1C. The number of carbonyl (C=O) groups is 3. The van der Waals surface area contributed by atoms with Gasteiger partial charge in [-0.3, -0.25) is 14.4 Å². The van der Waals surface area contributed by atoms with Crippen molar-refractivity contribution in [3.8, 4) is 0 Å². The zero-order valence-corrected chi connectivity index (χ0v) is 22.3. The number of rotatable bonds is 7. The van der Waals surface area contributed by atoms with E-state index >= 15 is 0 Å². The lowest BCUT2D eigenvalue weighted by molar-refractivity contribution is -0.253. The molecule has 13 heteroatoms. The standard InChI is InChI=1S/C24H24F6IN3O3/c1-12-10-14(19(23(25,26)27)24(28,29)30)8-9-17(12)33-20(36)15-6-5-7-16(31)18(15)21(37)34-22(3,4)11-32-13(2)35/h5-10,19H,11H2,1-4H3,(H,32,35)(H,33,36)(H,34,37). The van der Waals surface area contributed by atoms with Crippen molar-refractivity contribution in [2.45, 2.75) is 51.5 Å². The van der Waals surface area contributed by atoms with E-state index in [-0.39, 0.29) is 34.8 Å². The first-order chi connectivity index (χ1) is 16.8. The molecular formula is C24H24F6IN3O3. The Morgan fingerprint density at radius 2 is 1.54 bits per heavy atom. The van der Waals surface area contributed by atoms with Gasteiger partial charge in [0.1, 0.15) is 0 Å². The summed E-state index contributed by atoms with van der Waals surface area (Å²) in [6.07, 6.45) is -11.1. The fourth-order valence-corrected chi connectivity index (χ4v) is 4.21. The molecule has 3 N–H and O–H groups in total. The van der Waals surface area contributed by atoms with Crippen LogP contribution in [0.1, 0.15) is 58.5 Å². The van der Waals surface area contributed by atoms with Gasteiger partial charge >= 0.3 is 12.4 Å². The number of aryl methyl sites for hydroxylation is 1. The van der Waals surface area contributed by atoms with Crippen LogP contribution in [0.2, 0.25) is 0 Å². The van der Waals surface area contributed by atoms with Crippen molar-refractivity contribution in [2.75, 3.05) is 11.9 Å². The van der Waals surface area contributed by atoms with Crippen molar-refractivity contribution in [1.29, 1.82) is 0 Å². The minimum absolute atomic E-state index is 0.0139. The molecule has 37 heavy (non-hydrogen) atoms. The van der Waals surface area contributed by atoms with E-state index in [1.54, 1.807) is 19.9 Å². The van der Waals surface area contributed by atoms with Crippen molar-refractivity contribution < 1.29 is 40.7 Å². The van der Waals surface area contributed by atoms with E-state index in [1.807, 2.05) is 22.6 Å². The lowest BCUT2D eigenvalue weighted by Gasteiger charge is -2.27. The monoisotopic (exact) mass is 643 g/mol. The average Bonchev–Trinajstić information content (AvgIpc) is 2.71. The van der Waals surface area contributed by atoms with Gasteiger partial charge in [-0.05, 0) is 72.7 Å². The number of hydrogen-bond donors (Lipinski definition) is 3. The molecule has 0 atom stereocenters. The Balaban J connectivity index is 2.35. The molecule has 2 rings (SSSR count). The van der Waals surface area contributed by atoms with Crippen LogP contribution in [0.25, 0.3) is 0 Å². The lowest BCUT2D eigenvalue weighted by atomic mass is 9.95. The number of alkyl halides is 6. The summed E-state index contributed by atoms with van der Waals surface area (Å²) in [6, 6.07) is 6.79. The lowest BCUT2D eigenvalue weighted by Crippen LogP contribution is -2.51. The maximum Gasteiger partial charge on any atom is 0.404 e. The molecule has 0 saturated carbocycles. The molecule has 0 heterocycles. The molecule has 0 spiro atoms. The Bertz CT molecular complexity index is 1180. The Morgan fingerprint density at radius 3 is 2.05 bits per heavy atom. The number of carbonyl (C=O) groups excluding carboxylic acids is 3. The van der Waals surface area contributed by atoms with E-state index < -0.39 is 41.2 Å². The van der Waals surface area contributed by atoms with Crippen molar-refractivity contribution in [3.05, 3.63) is 62.2 Å². The van der Waals surface area contributed by atoms with Gasteiger partial charge in [0.05, 0.1) is 16.7 Å². The third-order valence-corrected chi connectivity index (χ3v) is 6.10. The van der Waals surface area contributed by atoms with Gasteiger partial charge in [0.2, 0.25) is 5.91 Å². The largest absolute Gasteiger partial charge is 0.404 e. The third kappa shape index (κ3) is 8.07. The van der Waals surface area contributed by atoms with Gasteiger partial charge in [-0.15, -0.1) is 0 Å². The molecule has 6 nitrogen and oxygen atoms in total. The van der Waals surface area contributed by atoms with Crippen LogP contribution < -0.4 is 16.0 Å². The van der Waals surface area contributed by atoms with Crippen LogP contribution in [0.5, 0.6) is 0 Å². The van der Waals surface area contributed by atoms with Gasteiger partial charge in [-0.2, -0.15) is 26.3 Å². The third-order valence-electron chi connectivity index (χ3n) is 5.20. The normalized spacial score (nSPS) is 12.3. The molecular weight excluding hydrogens is 619 g/mol. The number of nitrogens with one attached hydrogen (secondary N) is 3. The average molecular weight is 643 g/mol. The molecule has 0 radical (unpaired) electrons. The summed E-state index contributed by atoms with van der Waals surface area (Å²) in [5.41, 5.74) is -1.99. The molecule has 3 amide bonds. The first-order valence-electron chi connectivity index (χ1n) is 10.7. The topological polar surface area (TPSA) is 87.3 Å².